The fourth-order valence-electron chi connectivity index (χ4n) is 2.33. The molecular weight excluding hydrogens is 268 g/mol. The summed E-state index contributed by atoms with van der Waals surface area (Å²) in [6.07, 6.45) is 1.91. The Balaban J connectivity index is 1.73. The summed E-state index contributed by atoms with van der Waals surface area (Å²) in [6.45, 7) is 1.97. The van der Waals surface area contributed by atoms with E-state index in [2.05, 4.69) is 22.6 Å². The maximum absolute atomic E-state index is 11.9. The highest BCUT2D eigenvalue weighted by Crippen LogP contribution is 2.08. The molecule has 0 atom stereocenters. The highest BCUT2D eigenvalue weighted by atomic mass is 16.2. The molecule has 0 saturated carbocycles. The number of carbonyl (C=O) groups excluding carboxylic acids is 2. The van der Waals surface area contributed by atoms with Gasteiger partial charge in [-0.3, -0.25) is 9.59 Å². The number of nitrogen functional groups attached to an aromatic ring is 1. The zero-order valence-corrected chi connectivity index (χ0v) is 12.3. The molecule has 1 aromatic carbocycles. The molecule has 0 radical (unpaired) electrons. The molecule has 114 valence electrons. The van der Waals surface area contributed by atoms with Gasteiger partial charge in [-0.1, -0.05) is 0 Å². The normalized spacial score (nSPS) is 16.4. The summed E-state index contributed by atoms with van der Waals surface area (Å²) in [4.78, 5) is 25.9. The van der Waals surface area contributed by atoms with Gasteiger partial charge in [0, 0.05) is 17.3 Å². The van der Waals surface area contributed by atoms with Crippen LogP contribution >= 0.6 is 0 Å². The second-order valence-corrected chi connectivity index (χ2v) is 5.45. The van der Waals surface area contributed by atoms with E-state index in [9.17, 15) is 9.59 Å². The van der Waals surface area contributed by atoms with E-state index in [0.29, 0.717) is 11.3 Å². The number of piperidine rings is 1. The molecule has 1 aliphatic rings. The minimum Gasteiger partial charge on any atom is -0.399 e. The van der Waals surface area contributed by atoms with Gasteiger partial charge in [0.15, 0.2) is 0 Å². The second-order valence-electron chi connectivity index (χ2n) is 5.45. The topological polar surface area (TPSA) is 87.5 Å². The van der Waals surface area contributed by atoms with E-state index in [1.165, 1.54) is 0 Å². The molecule has 0 aliphatic carbocycles. The lowest BCUT2D eigenvalue weighted by molar-refractivity contribution is -0.121. The number of nitrogens with two attached hydrogens (primary N) is 1. The standard InChI is InChI=1S/C15H22N4O2/c1-19-8-6-13(7-9-19)18-14(20)10-17-15(21)11-2-4-12(16)5-3-11/h2-5,13H,6-10,16H2,1H3,(H,17,21)(H,18,20). The predicted molar refractivity (Wildman–Crippen MR) is 81.8 cm³/mol. The molecule has 4 N–H and O–H groups in total. The largest absolute Gasteiger partial charge is 0.399 e. The van der Waals surface area contributed by atoms with Crippen LogP contribution in [0.3, 0.4) is 0 Å². The van der Waals surface area contributed by atoms with Crippen molar-refractivity contribution in [2.45, 2.75) is 18.9 Å². The maximum Gasteiger partial charge on any atom is 0.251 e. The van der Waals surface area contributed by atoms with E-state index < -0.39 is 0 Å². The molecule has 0 spiro atoms. The van der Waals surface area contributed by atoms with Crippen LogP contribution in [-0.4, -0.2) is 49.4 Å². The van der Waals surface area contributed by atoms with Crippen LogP contribution in [0.2, 0.25) is 0 Å². The van der Waals surface area contributed by atoms with E-state index in [1.54, 1.807) is 24.3 Å². The number of nitrogens with zero attached hydrogens (tertiary/aromatic N) is 1. The first-order valence-corrected chi connectivity index (χ1v) is 7.16. The van der Waals surface area contributed by atoms with Crippen LogP contribution in [0.5, 0.6) is 0 Å². The molecule has 2 amide bonds. The number of rotatable bonds is 4. The third-order valence-electron chi connectivity index (χ3n) is 3.67. The molecule has 1 aromatic rings. The van der Waals surface area contributed by atoms with Crippen molar-refractivity contribution in [3.05, 3.63) is 29.8 Å². The number of hydrogen-bond acceptors (Lipinski definition) is 4. The molecule has 1 heterocycles. The summed E-state index contributed by atoms with van der Waals surface area (Å²) in [5.41, 5.74) is 6.66. The number of amides is 2. The van der Waals surface area contributed by atoms with Crippen molar-refractivity contribution in [1.29, 1.82) is 0 Å². The molecule has 0 bridgehead atoms. The highest BCUT2D eigenvalue weighted by Gasteiger charge is 2.18. The molecule has 1 saturated heterocycles. The van der Waals surface area contributed by atoms with Crippen molar-refractivity contribution in [2.75, 3.05) is 32.4 Å². The lowest BCUT2D eigenvalue weighted by Crippen LogP contribution is -2.46. The van der Waals surface area contributed by atoms with E-state index >= 15 is 0 Å². The summed E-state index contributed by atoms with van der Waals surface area (Å²) in [6, 6.07) is 6.81. The number of carbonyl (C=O) groups is 2. The van der Waals surface area contributed by atoms with Gasteiger partial charge in [-0.25, -0.2) is 0 Å². The lowest BCUT2D eigenvalue weighted by Gasteiger charge is -2.29. The van der Waals surface area contributed by atoms with Gasteiger partial charge < -0.3 is 21.3 Å². The number of benzene rings is 1. The molecule has 2 rings (SSSR count). The van der Waals surface area contributed by atoms with E-state index in [4.69, 9.17) is 5.73 Å². The van der Waals surface area contributed by atoms with Crippen LogP contribution in [0.1, 0.15) is 23.2 Å². The molecule has 1 aliphatic heterocycles. The molecule has 6 heteroatoms. The number of nitrogens with one attached hydrogen (secondary N) is 2. The van der Waals surface area contributed by atoms with Crippen molar-refractivity contribution >= 4 is 17.5 Å². The van der Waals surface area contributed by atoms with Crippen LogP contribution < -0.4 is 16.4 Å². The van der Waals surface area contributed by atoms with Crippen LogP contribution in [0, 0.1) is 0 Å². The maximum atomic E-state index is 11.9. The number of hydrogen-bond donors (Lipinski definition) is 3. The van der Waals surface area contributed by atoms with Crippen molar-refractivity contribution in [2.24, 2.45) is 0 Å². The van der Waals surface area contributed by atoms with Crippen molar-refractivity contribution in [3.63, 3.8) is 0 Å². The van der Waals surface area contributed by atoms with E-state index in [1.807, 2.05) is 0 Å². The fraction of sp³-hybridized carbons (Fsp3) is 0.467. The zero-order chi connectivity index (χ0) is 15.2. The first-order chi connectivity index (χ1) is 10.0. The third-order valence-corrected chi connectivity index (χ3v) is 3.67. The van der Waals surface area contributed by atoms with Crippen molar-refractivity contribution < 1.29 is 9.59 Å². The number of likely N-dealkylation sites (tertiary alicyclic amines) is 1. The predicted octanol–water partition coefficient (Wildman–Crippen LogP) is 0.209. The average molecular weight is 290 g/mol. The van der Waals surface area contributed by atoms with Gasteiger partial charge in [0.25, 0.3) is 5.91 Å². The van der Waals surface area contributed by atoms with E-state index in [0.717, 1.165) is 25.9 Å². The van der Waals surface area contributed by atoms with Crippen molar-refractivity contribution in [3.8, 4) is 0 Å². The lowest BCUT2D eigenvalue weighted by atomic mass is 10.1. The van der Waals surface area contributed by atoms with Gasteiger partial charge in [-0.15, -0.1) is 0 Å². The van der Waals surface area contributed by atoms with Gasteiger partial charge in [0.05, 0.1) is 6.54 Å². The molecule has 6 nitrogen and oxygen atoms in total. The quantitative estimate of drug-likeness (QED) is 0.692. The molecule has 0 unspecified atom stereocenters. The number of anilines is 1. The molecule has 1 fully saturated rings. The van der Waals surface area contributed by atoms with Crippen molar-refractivity contribution in [1.82, 2.24) is 15.5 Å². The van der Waals surface area contributed by atoms with Crippen LogP contribution in [0.25, 0.3) is 0 Å². The van der Waals surface area contributed by atoms with Gasteiger partial charge in [0.2, 0.25) is 5.91 Å². The molecular formula is C15H22N4O2. The Hall–Kier alpha value is -2.08. The zero-order valence-electron chi connectivity index (χ0n) is 12.3. The Kier molecular flexibility index (Phi) is 5.16. The van der Waals surface area contributed by atoms with Gasteiger partial charge in [-0.05, 0) is 57.2 Å². The van der Waals surface area contributed by atoms with Crippen LogP contribution in [-0.2, 0) is 4.79 Å². The van der Waals surface area contributed by atoms with Gasteiger partial charge >= 0.3 is 0 Å². The highest BCUT2D eigenvalue weighted by molar-refractivity contribution is 5.96. The molecule has 21 heavy (non-hydrogen) atoms. The first kappa shape index (κ1) is 15.3. The van der Waals surface area contributed by atoms with E-state index in [-0.39, 0.29) is 24.4 Å². The van der Waals surface area contributed by atoms with Gasteiger partial charge in [0.1, 0.15) is 0 Å². The molecule has 0 aromatic heterocycles. The summed E-state index contributed by atoms with van der Waals surface area (Å²) < 4.78 is 0. The Morgan fingerprint density at radius 3 is 2.48 bits per heavy atom. The minimum absolute atomic E-state index is 0.00442. The van der Waals surface area contributed by atoms with Crippen LogP contribution in [0.4, 0.5) is 5.69 Å². The monoisotopic (exact) mass is 290 g/mol. The average Bonchev–Trinajstić information content (AvgIpc) is 2.48. The Morgan fingerprint density at radius 2 is 1.86 bits per heavy atom. The minimum atomic E-state index is -0.270. The fourth-order valence-corrected chi connectivity index (χ4v) is 2.33. The van der Waals surface area contributed by atoms with Crippen LogP contribution in [0.15, 0.2) is 24.3 Å². The summed E-state index contributed by atoms with van der Waals surface area (Å²) >= 11 is 0. The summed E-state index contributed by atoms with van der Waals surface area (Å²) in [7, 11) is 2.07. The first-order valence-electron chi connectivity index (χ1n) is 7.16. The Bertz CT molecular complexity index is 493. The Labute approximate surface area is 124 Å². The third kappa shape index (κ3) is 4.75. The SMILES string of the molecule is CN1CCC(NC(=O)CNC(=O)c2ccc(N)cc2)CC1. The second kappa shape index (κ2) is 7.08. The summed E-state index contributed by atoms with van der Waals surface area (Å²) in [5.74, 6) is -0.415. The van der Waals surface area contributed by atoms with Gasteiger partial charge in [-0.2, -0.15) is 0 Å². The smallest absolute Gasteiger partial charge is 0.251 e. The summed E-state index contributed by atoms with van der Waals surface area (Å²) in [5, 5.41) is 5.57. The Morgan fingerprint density at radius 1 is 1.24 bits per heavy atom.